The lowest BCUT2D eigenvalue weighted by molar-refractivity contribution is 0.0932. The lowest BCUT2D eigenvalue weighted by atomic mass is 9.89. The van der Waals surface area contributed by atoms with Crippen LogP contribution in [0.15, 0.2) is 41.9 Å². The second-order valence-electron chi connectivity index (χ2n) is 7.56. The van der Waals surface area contributed by atoms with Crippen LogP contribution in [0.4, 0.5) is 0 Å². The third kappa shape index (κ3) is 3.45. The zero-order valence-electron chi connectivity index (χ0n) is 15.5. The van der Waals surface area contributed by atoms with E-state index >= 15 is 0 Å². The number of benzene rings is 1. The number of carbonyl (C=O) groups excluding carboxylic acids is 1. The molecule has 2 aliphatic heterocycles. The van der Waals surface area contributed by atoms with E-state index < -0.39 is 0 Å². The van der Waals surface area contributed by atoms with Gasteiger partial charge in [-0.05, 0) is 17.4 Å². The zero-order chi connectivity index (χ0) is 18.9. The molecule has 5 rings (SSSR count). The van der Waals surface area contributed by atoms with E-state index in [0.29, 0.717) is 24.2 Å². The molecule has 0 aliphatic carbocycles. The van der Waals surface area contributed by atoms with Crippen molar-refractivity contribution in [3.63, 3.8) is 0 Å². The van der Waals surface area contributed by atoms with Crippen molar-refractivity contribution in [1.29, 1.82) is 0 Å². The van der Waals surface area contributed by atoms with Gasteiger partial charge in [0.1, 0.15) is 10.8 Å². The highest BCUT2D eigenvalue weighted by Gasteiger charge is 2.39. The number of nitrogens with one attached hydrogen (secondary N) is 1. The van der Waals surface area contributed by atoms with Crippen LogP contribution in [0.2, 0.25) is 0 Å². The van der Waals surface area contributed by atoms with Gasteiger partial charge in [-0.25, -0.2) is 4.98 Å². The smallest absolute Gasteiger partial charge is 0.289 e. The van der Waals surface area contributed by atoms with Crippen molar-refractivity contribution in [2.75, 3.05) is 13.1 Å². The molecule has 1 fully saturated rings. The van der Waals surface area contributed by atoms with Gasteiger partial charge in [0.2, 0.25) is 5.82 Å². The Hall–Kier alpha value is -2.58. The molecule has 0 radical (unpaired) electrons. The number of hydrogen-bond acceptors (Lipinski definition) is 6. The first kappa shape index (κ1) is 17.5. The Labute approximate surface area is 167 Å². The van der Waals surface area contributed by atoms with Crippen LogP contribution in [-0.2, 0) is 26.1 Å². The number of rotatable bonds is 5. The van der Waals surface area contributed by atoms with E-state index in [1.54, 1.807) is 11.3 Å². The topological polar surface area (TPSA) is 75.9 Å². The van der Waals surface area contributed by atoms with Gasteiger partial charge in [-0.2, -0.15) is 0 Å². The minimum Gasteiger partial charge on any atom is -0.345 e. The highest BCUT2D eigenvalue weighted by atomic mass is 32.1. The van der Waals surface area contributed by atoms with Crippen LogP contribution in [0.3, 0.4) is 0 Å². The summed E-state index contributed by atoms with van der Waals surface area (Å²) < 4.78 is 2.02. The highest BCUT2D eigenvalue weighted by molar-refractivity contribution is 7.09. The van der Waals surface area contributed by atoms with Gasteiger partial charge < -0.3 is 9.88 Å². The maximum Gasteiger partial charge on any atom is 0.289 e. The Balaban J connectivity index is 1.25. The second kappa shape index (κ2) is 7.44. The third-order valence-corrected chi connectivity index (χ3v) is 6.45. The molecule has 2 aromatic heterocycles. The molecule has 4 heterocycles. The van der Waals surface area contributed by atoms with E-state index in [1.165, 1.54) is 5.01 Å². The van der Waals surface area contributed by atoms with Gasteiger partial charge in [0.05, 0.1) is 6.54 Å². The Kier molecular flexibility index (Phi) is 4.66. The van der Waals surface area contributed by atoms with Gasteiger partial charge in [-0.1, -0.05) is 30.3 Å². The SMILES string of the molecule is O=C(NCc1ccccc1)c1nnc2n1C[C@@H]1CN(Cc3nccs3)C[C@@H]1C2. The molecule has 1 N–H and O–H groups in total. The van der Waals surface area contributed by atoms with Gasteiger partial charge in [-0.15, -0.1) is 21.5 Å². The number of aromatic nitrogens is 4. The molecule has 0 saturated carbocycles. The first-order valence-electron chi connectivity index (χ1n) is 9.61. The van der Waals surface area contributed by atoms with Crippen molar-refractivity contribution >= 4 is 17.2 Å². The maximum atomic E-state index is 12.7. The Morgan fingerprint density at radius 2 is 2.00 bits per heavy atom. The van der Waals surface area contributed by atoms with Crippen LogP contribution in [0.25, 0.3) is 0 Å². The summed E-state index contributed by atoms with van der Waals surface area (Å²) in [4.78, 5) is 19.5. The molecule has 7 nitrogen and oxygen atoms in total. The fourth-order valence-electron chi connectivity index (χ4n) is 4.30. The Morgan fingerprint density at radius 1 is 1.14 bits per heavy atom. The van der Waals surface area contributed by atoms with E-state index in [2.05, 4.69) is 25.4 Å². The highest BCUT2D eigenvalue weighted by Crippen LogP contribution is 2.33. The first-order valence-corrected chi connectivity index (χ1v) is 10.5. The number of carbonyl (C=O) groups is 1. The number of likely N-dealkylation sites (tertiary alicyclic amines) is 1. The van der Waals surface area contributed by atoms with Crippen LogP contribution >= 0.6 is 11.3 Å². The summed E-state index contributed by atoms with van der Waals surface area (Å²) >= 11 is 1.71. The van der Waals surface area contributed by atoms with Crippen molar-refractivity contribution in [2.24, 2.45) is 11.8 Å². The normalized spacial score (nSPS) is 21.3. The average Bonchev–Trinajstić information content (AvgIpc) is 3.44. The van der Waals surface area contributed by atoms with E-state index in [9.17, 15) is 4.79 Å². The molecule has 2 aliphatic rings. The quantitative estimate of drug-likeness (QED) is 0.716. The standard InChI is InChI=1S/C20H22N6OS/c27-20(22-9-14-4-2-1-3-5-14)19-24-23-17-8-15-10-25(11-16(15)12-26(17)19)13-18-21-6-7-28-18/h1-7,15-16H,8-13H2,(H,22,27)/t15-,16-/m0/s1. The fourth-order valence-corrected chi connectivity index (χ4v) is 4.96. The number of fused-ring (bicyclic) bond motifs is 2. The summed E-state index contributed by atoms with van der Waals surface area (Å²) in [5.41, 5.74) is 1.07. The zero-order valence-corrected chi connectivity index (χ0v) is 16.3. The molecule has 0 unspecified atom stereocenters. The summed E-state index contributed by atoms with van der Waals surface area (Å²) in [7, 11) is 0. The van der Waals surface area contributed by atoms with E-state index in [4.69, 9.17) is 0 Å². The molecule has 0 spiro atoms. The average molecular weight is 395 g/mol. The molecule has 1 aromatic carbocycles. The number of thiazole rings is 1. The summed E-state index contributed by atoms with van der Waals surface area (Å²) in [6.45, 7) is 4.32. The molecular formula is C20H22N6OS. The van der Waals surface area contributed by atoms with Crippen molar-refractivity contribution in [1.82, 2.24) is 30.0 Å². The first-order chi connectivity index (χ1) is 13.8. The molecule has 1 saturated heterocycles. The van der Waals surface area contributed by atoms with Gasteiger partial charge in [-0.3, -0.25) is 9.69 Å². The van der Waals surface area contributed by atoms with Crippen molar-refractivity contribution in [2.45, 2.75) is 26.1 Å². The lowest BCUT2D eigenvalue weighted by Gasteiger charge is -2.25. The lowest BCUT2D eigenvalue weighted by Crippen LogP contribution is -2.32. The summed E-state index contributed by atoms with van der Waals surface area (Å²) in [6.07, 6.45) is 2.75. The number of amides is 1. The van der Waals surface area contributed by atoms with E-state index in [1.807, 2.05) is 46.5 Å². The maximum absolute atomic E-state index is 12.7. The van der Waals surface area contributed by atoms with Crippen LogP contribution < -0.4 is 5.32 Å². The van der Waals surface area contributed by atoms with Crippen molar-refractivity contribution in [3.8, 4) is 0 Å². The molecule has 3 aromatic rings. The minimum absolute atomic E-state index is 0.154. The molecule has 28 heavy (non-hydrogen) atoms. The van der Waals surface area contributed by atoms with Crippen LogP contribution in [-0.4, -0.2) is 43.6 Å². The van der Waals surface area contributed by atoms with Crippen molar-refractivity contribution in [3.05, 3.63) is 64.1 Å². The van der Waals surface area contributed by atoms with E-state index in [-0.39, 0.29) is 5.91 Å². The number of nitrogens with zero attached hydrogens (tertiary/aromatic N) is 5. The Bertz CT molecular complexity index is 955. The summed E-state index contributed by atoms with van der Waals surface area (Å²) in [6, 6.07) is 9.91. The molecule has 8 heteroatoms. The van der Waals surface area contributed by atoms with Gasteiger partial charge in [0.15, 0.2) is 0 Å². The van der Waals surface area contributed by atoms with Crippen LogP contribution in [0.1, 0.15) is 27.0 Å². The predicted molar refractivity (Wildman–Crippen MR) is 106 cm³/mol. The predicted octanol–water partition coefficient (Wildman–Crippen LogP) is 1.97. The molecule has 0 bridgehead atoms. The number of hydrogen-bond donors (Lipinski definition) is 1. The second-order valence-corrected chi connectivity index (χ2v) is 8.54. The van der Waals surface area contributed by atoms with E-state index in [0.717, 1.165) is 44.0 Å². The van der Waals surface area contributed by atoms with Crippen LogP contribution in [0.5, 0.6) is 0 Å². The third-order valence-electron chi connectivity index (χ3n) is 5.68. The molecule has 1 amide bonds. The minimum atomic E-state index is -0.154. The molecule has 2 atom stereocenters. The monoisotopic (exact) mass is 394 g/mol. The van der Waals surface area contributed by atoms with Crippen LogP contribution in [0, 0.1) is 11.8 Å². The summed E-state index contributed by atoms with van der Waals surface area (Å²) in [5.74, 6) is 2.32. The van der Waals surface area contributed by atoms with Gasteiger partial charge >= 0.3 is 0 Å². The largest absolute Gasteiger partial charge is 0.345 e. The van der Waals surface area contributed by atoms with Crippen molar-refractivity contribution < 1.29 is 4.79 Å². The van der Waals surface area contributed by atoms with Gasteiger partial charge in [0.25, 0.3) is 5.91 Å². The fraction of sp³-hybridized carbons (Fsp3) is 0.400. The molecular weight excluding hydrogens is 372 g/mol. The summed E-state index contributed by atoms with van der Waals surface area (Å²) in [5, 5.41) is 14.7. The molecule has 144 valence electrons. The Morgan fingerprint density at radius 3 is 2.82 bits per heavy atom. The van der Waals surface area contributed by atoms with Gasteiger partial charge in [0, 0.05) is 44.2 Å².